The van der Waals surface area contributed by atoms with Gasteiger partial charge in [0.15, 0.2) is 5.78 Å². The van der Waals surface area contributed by atoms with Crippen molar-refractivity contribution in [1.29, 1.82) is 0 Å². The molecule has 0 fully saturated rings. The van der Waals surface area contributed by atoms with Crippen LogP contribution >= 0.6 is 15.9 Å². The third-order valence-electron chi connectivity index (χ3n) is 1.75. The van der Waals surface area contributed by atoms with Crippen molar-refractivity contribution in [2.75, 3.05) is 20.3 Å². The van der Waals surface area contributed by atoms with Gasteiger partial charge in [0.05, 0.1) is 6.61 Å². The third kappa shape index (κ3) is 5.06. The number of halogens is 1. The Labute approximate surface area is 97.5 Å². The average Bonchev–Trinajstić information content (AvgIpc) is 2.21. The summed E-state index contributed by atoms with van der Waals surface area (Å²) in [4.78, 5) is 11.0. The van der Waals surface area contributed by atoms with Gasteiger partial charge in [-0.15, -0.1) is 0 Å². The summed E-state index contributed by atoms with van der Waals surface area (Å²) in [5.41, 5.74) is 1.04. The van der Waals surface area contributed by atoms with Crippen molar-refractivity contribution in [3.63, 3.8) is 0 Å². The van der Waals surface area contributed by atoms with Crippen LogP contribution in [0.1, 0.15) is 5.56 Å². The van der Waals surface area contributed by atoms with Crippen LogP contribution in [0.25, 0.3) is 0 Å². The summed E-state index contributed by atoms with van der Waals surface area (Å²) in [6, 6.07) is 7.78. The van der Waals surface area contributed by atoms with Gasteiger partial charge in [0.25, 0.3) is 0 Å². The molecular formula is C11H13BrO3. The molecule has 4 heteroatoms. The lowest BCUT2D eigenvalue weighted by atomic mass is 10.2. The van der Waals surface area contributed by atoms with Gasteiger partial charge in [0, 0.05) is 11.6 Å². The van der Waals surface area contributed by atoms with Crippen molar-refractivity contribution in [1.82, 2.24) is 0 Å². The number of hydrogen-bond acceptors (Lipinski definition) is 3. The number of Topliss-reactive ketones (excluding diaryl/α,β-unsaturated/α-hetero) is 1. The Hall–Kier alpha value is -0.710. The zero-order chi connectivity index (χ0) is 11.1. The van der Waals surface area contributed by atoms with Crippen LogP contribution < -0.4 is 0 Å². The molecule has 0 saturated heterocycles. The van der Waals surface area contributed by atoms with Crippen molar-refractivity contribution in [2.45, 2.75) is 6.61 Å². The van der Waals surface area contributed by atoms with Crippen LogP contribution in [0, 0.1) is 0 Å². The molecule has 0 N–H and O–H groups in total. The van der Waals surface area contributed by atoms with Crippen LogP contribution in [-0.4, -0.2) is 26.1 Å². The number of rotatable bonds is 6. The highest BCUT2D eigenvalue weighted by Crippen LogP contribution is 2.10. The van der Waals surface area contributed by atoms with E-state index in [1.165, 1.54) is 7.11 Å². The van der Waals surface area contributed by atoms with Gasteiger partial charge in [-0.1, -0.05) is 28.1 Å². The SMILES string of the molecule is COCC(=O)COCc1ccc(Br)cc1. The van der Waals surface area contributed by atoms with Gasteiger partial charge < -0.3 is 9.47 Å². The predicted octanol–water partition coefficient (Wildman–Crippen LogP) is 2.18. The summed E-state index contributed by atoms with van der Waals surface area (Å²) in [6.45, 7) is 0.660. The number of methoxy groups -OCH3 is 1. The zero-order valence-corrected chi connectivity index (χ0v) is 10.1. The molecule has 0 unspecified atom stereocenters. The molecule has 82 valence electrons. The Bertz CT molecular complexity index is 308. The molecule has 0 heterocycles. The van der Waals surface area contributed by atoms with Gasteiger partial charge in [-0.05, 0) is 17.7 Å². The summed E-state index contributed by atoms with van der Waals surface area (Å²) in [5.74, 6) is -0.0467. The van der Waals surface area contributed by atoms with E-state index in [0.717, 1.165) is 10.0 Å². The van der Waals surface area contributed by atoms with E-state index < -0.39 is 0 Å². The molecule has 0 aliphatic heterocycles. The molecule has 0 spiro atoms. The van der Waals surface area contributed by atoms with Gasteiger partial charge in [-0.25, -0.2) is 0 Å². The normalized spacial score (nSPS) is 10.3. The van der Waals surface area contributed by atoms with Crippen LogP contribution in [0.3, 0.4) is 0 Å². The molecule has 1 aromatic rings. The van der Waals surface area contributed by atoms with Crippen LogP contribution in [-0.2, 0) is 20.9 Å². The molecule has 0 aliphatic rings. The van der Waals surface area contributed by atoms with Crippen LogP contribution in [0.15, 0.2) is 28.7 Å². The first-order chi connectivity index (χ1) is 7.22. The molecule has 0 amide bonds. The molecule has 3 nitrogen and oxygen atoms in total. The number of carbonyl (C=O) groups is 1. The van der Waals surface area contributed by atoms with Crippen molar-refractivity contribution in [3.8, 4) is 0 Å². The van der Waals surface area contributed by atoms with Crippen molar-refractivity contribution < 1.29 is 14.3 Å². The quantitative estimate of drug-likeness (QED) is 0.797. The molecular weight excluding hydrogens is 260 g/mol. The summed E-state index contributed by atoms with van der Waals surface area (Å²) >= 11 is 3.35. The highest BCUT2D eigenvalue weighted by Gasteiger charge is 2.00. The number of benzene rings is 1. The Morgan fingerprint density at radius 1 is 1.27 bits per heavy atom. The van der Waals surface area contributed by atoms with Crippen LogP contribution in [0.2, 0.25) is 0 Å². The summed E-state index contributed by atoms with van der Waals surface area (Å²) < 4.78 is 10.9. The standard InChI is InChI=1S/C11H13BrO3/c1-14-7-11(13)8-15-6-9-2-4-10(12)5-3-9/h2-5H,6-8H2,1H3. The lowest BCUT2D eigenvalue weighted by molar-refractivity contribution is -0.127. The molecule has 0 atom stereocenters. The number of ketones is 1. The van der Waals surface area contributed by atoms with Gasteiger partial charge in [0.2, 0.25) is 0 Å². The highest BCUT2D eigenvalue weighted by atomic mass is 79.9. The van der Waals surface area contributed by atoms with E-state index in [-0.39, 0.29) is 19.0 Å². The monoisotopic (exact) mass is 272 g/mol. The first kappa shape index (κ1) is 12.4. The van der Waals surface area contributed by atoms with E-state index in [1.807, 2.05) is 24.3 Å². The molecule has 0 bridgehead atoms. The lowest BCUT2D eigenvalue weighted by Crippen LogP contribution is -2.14. The zero-order valence-electron chi connectivity index (χ0n) is 8.53. The molecule has 0 saturated carbocycles. The molecule has 0 aliphatic carbocycles. The summed E-state index contributed by atoms with van der Waals surface area (Å²) in [5, 5.41) is 0. The maximum absolute atomic E-state index is 11.0. The third-order valence-corrected chi connectivity index (χ3v) is 2.28. The van der Waals surface area contributed by atoms with Crippen LogP contribution in [0.5, 0.6) is 0 Å². The summed E-state index contributed by atoms with van der Waals surface area (Å²) in [7, 11) is 1.49. The minimum atomic E-state index is -0.0467. The van der Waals surface area contributed by atoms with Gasteiger partial charge >= 0.3 is 0 Å². The fourth-order valence-corrected chi connectivity index (χ4v) is 1.33. The molecule has 1 aromatic carbocycles. The Morgan fingerprint density at radius 2 is 1.93 bits per heavy atom. The number of ether oxygens (including phenoxy) is 2. The number of carbonyl (C=O) groups excluding carboxylic acids is 1. The molecule has 15 heavy (non-hydrogen) atoms. The second-order valence-electron chi connectivity index (χ2n) is 3.09. The first-order valence-electron chi connectivity index (χ1n) is 4.55. The van der Waals surface area contributed by atoms with E-state index in [1.54, 1.807) is 0 Å². The average molecular weight is 273 g/mol. The molecule has 0 radical (unpaired) electrons. The van der Waals surface area contributed by atoms with E-state index in [9.17, 15) is 4.79 Å². The Balaban J connectivity index is 2.26. The van der Waals surface area contributed by atoms with Crippen molar-refractivity contribution >= 4 is 21.7 Å². The van der Waals surface area contributed by atoms with Gasteiger partial charge in [-0.2, -0.15) is 0 Å². The second-order valence-corrected chi connectivity index (χ2v) is 4.01. The molecule has 1 rings (SSSR count). The molecule has 0 aromatic heterocycles. The number of hydrogen-bond donors (Lipinski definition) is 0. The largest absolute Gasteiger partial charge is 0.377 e. The highest BCUT2D eigenvalue weighted by molar-refractivity contribution is 9.10. The fraction of sp³-hybridized carbons (Fsp3) is 0.364. The second kappa shape index (κ2) is 6.71. The van der Waals surface area contributed by atoms with Crippen molar-refractivity contribution in [3.05, 3.63) is 34.3 Å². The van der Waals surface area contributed by atoms with E-state index >= 15 is 0 Å². The topological polar surface area (TPSA) is 35.5 Å². The predicted molar refractivity (Wildman–Crippen MR) is 60.7 cm³/mol. The maximum atomic E-state index is 11.0. The van der Waals surface area contributed by atoms with E-state index in [4.69, 9.17) is 4.74 Å². The van der Waals surface area contributed by atoms with E-state index in [0.29, 0.717) is 6.61 Å². The Kier molecular flexibility index (Phi) is 5.53. The van der Waals surface area contributed by atoms with Crippen LogP contribution in [0.4, 0.5) is 0 Å². The Morgan fingerprint density at radius 3 is 2.53 bits per heavy atom. The fourth-order valence-electron chi connectivity index (χ4n) is 1.07. The first-order valence-corrected chi connectivity index (χ1v) is 5.34. The maximum Gasteiger partial charge on any atom is 0.183 e. The minimum absolute atomic E-state index is 0.0467. The lowest BCUT2D eigenvalue weighted by Gasteiger charge is -2.03. The smallest absolute Gasteiger partial charge is 0.183 e. The van der Waals surface area contributed by atoms with Gasteiger partial charge in [-0.3, -0.25) is 4.79 Å². The minimum Gasteiger partial charge on any atom is -0.377 e. The van der Waals surface area contributed by atoms with Crippen molar-refractivity contribution in [2.24, 2.45) is 0 Å². The van der Waals surface area contributed by atoms with E-state index in [2.05, 4.69) is 20.7 Å². The summed E-state index contributed by atoms with van der Waals surface area (Å²) in [6.07, 6.45) is 0. The van der Waals surface area contributed by atoms with Gasteiger partial charge in [0.1, 0.15) is 13.2 Å².